The zero-order valence-electron chi connectivity index (χ0n) is 14.1. The van der Waals surface area contributed by atoms with Crippen molar-refractivity contribution in [2.75, 3.05) is 6.61 Å². The molecule has 0 unspecified atom stereocenters. The van der Waals surface area contributed by atoms with Gasteiger partial charge in [0.2, 0.25) is 0 Å². The summed E-state index contributed by atoms with van der Waals surface area (Å²) in [5.41, 5.74) is 0. The molecule has 0 saturated heterocycles. The van der Waals surface area contributed by atoms with E-state index >= 15 is 0 Å². The Kier molecular flexibility index (Phi) is 14.5. The number of rotatable bonds is 14. The van der Waals surface area contributed by atoms with Crippen molar-refractivity contribution in [1.82, 2.24) is 0 Å². The zero-order valence-corrected chi connectivity index (χ0v) is 14.1. The second-order valence-corrected chi connectivity index (χ2v) is 5.85. The van der Waals surface area contributed by atoms with Gasteiger partial charge in [-0.3, -0.25) is 4.79 Å². The Hall–Kier alpha value is -0.530. The van der Waals surface area contributed by atoms with E-state index < -0.39 is 0 Å². The van der Waals surface area contributed by atoms with Gasteiger partial charge < -0.3 is 4.74 Å². The molecule has 0 N–H and O–H groups in total. The summed E-state index contributed by atoms with van der Waals surface area (Å²) >= 11 is 0. The minimum atomic E-state index is 0.0394. The quantitative estimate of drug-likeness (QED) is 0.294. The number of hydrogen-bond acceptors (Lipinski definition) is 2. The van der Waals surface area contributed by atoms with E-state index in [4.69, 9.17) is 4.74 Å². The molecule has 0 aliphatic rings. The van der Waals surface area contributed by atoms with Crippen LogP contribution in [0.25, 0.3) is 0 Å². The number of carbonyl (C=O) groups excluding carboxylic acids is 1. The number of esters is 1. The van der Waals surface area contributed by atoms with Crippen molar-refractivity contribution >= 4 is 5.97 Å². The van der Waals surface area contributed by atoms with Gasteiger partial charge in [0, 0.05) is 0 Å². The maximum Gasteiger partial charge on any atom is 0.308 e. The molecule has 0 amide bonds. The molecule has 0 rings (SSSR count). The molecule has 0 aromatic rings. The lowest BCUT2D eigenvalue weighted by atomic mass is 9.94. The second kappa shape index (κ2) is 14.9. The van der Waals surface area contributed by atoms with Gasteiger partial charge in [-0.1, -0.05) is 78.1 Å². The normalized spacial score (nSPS) is 12.3. The van der Waals surface area contributed by atoms with Crippen LogP contribution in [-0.4, -0.2) is 12.6 Å². The summed E-state index contributed by atoms with van der Waals surface area (Å²) in [6, 6.07) is 0. The summed E-state index contributed by atoms with van der Waals surface area (Å²) in [6.45, 7) is 6.88. The lowest BCUT2D eigenvalue weighted by Gasteiger charge is -2.15. The SMILES string of the molecule is CCCCCCCC[C@@H](CCCCCC)C(=O)OCC. The Bertz CT molecular complexity index is 213. The first kappa shape index (κ1) is 19.5. The van der Waals surface area contributed by atoms with E-state index in [0.717, 1.165) is 12.8 Å². The zero-order chi connectivity index (χ0) is 15.1. The van der Waals surface area contributed by atoms with E-state index in [0.29, 0.717) is 6.61 Å². The molecule has 0 aromatic carbocycles. The Labute approximate surface area is 126 Å². The molecule has 0 aromatic heterocycles. The average Bonchev–Trinajstić information content (AvgIpc) is 2.45. The van der Waals surface area contributed by atoms with Crippen LogP contribution in [0.15, 0.2) is 0 Å². The van der Waals surface area contributed by atoms with Crippen molar-refractivity contribution in [2.45, 2.75) is 97.8 Å². The monoisotopic (exact) mass is 284 g/mol. The van der Waals surface area contributed by atoms with E-state index in [-0.39, 0.29) is 11.9 Å². The highest BCUT2D eigenvalue weighted by molar-refractivity contribution is 5.72. The predicted octanol–water partition coefficient (Wildman–Crippen LogP) is 5.89. The van der Waals surface area contributed by atoms with Crippen LogP contribution < -0.4 is 0 Å². The Morgan fingerprint density at radius 3 is 1.70 bits per heavy atom. The molecule has 2 heteroatoms. The van der Waals surface area contributed by atoms with Crippen molar-refractivity contribution in [3.8, 4) is 0 Å². The van der Waals surface area contributed by atoms with Crippen molar-refractivity contribution in [1.29, 1.82) is 0 Å². The second-order valence-electron chi connectivity index (χ2n) is 5.85. The molecule has 0 fully saturated rings. The van der Waals surface area contributed by atoms with E-state index in [1.54, 1.807) is 0 Å². The number of unbranched alkanes of at least 4 members (excludes halogenated alkanes) is 8. The molecule has 0 spiro atoms. The van der Waals surface area contributed by atoms with Crippen LogP contribution in [0.1, 0.15) is 97.8 Å². The first-order chi connectivity index (χ1) is 9.76. The van der Waals surface area contributed by atoms with Gasteiger partial charge in [-0.25, -0.2) is 0 Å². The van der Waals surface area contributed by atoms with Crippen molar-refractivity contribution < 1.29 is 9.53 Å². The average molecular weight is 284 g/mol. The summed E-state index contributed by atoms with van der Waals surface area (Å²) in [7, 11) is 0. The van der Waals surface area contributed by atoms with E-state index in [1.807, 2.05) is 6.92 Å². The molecular weight excluding hydrogens is 248 g/mol. The van der Waals surface area contributed by atoms with Gasteiger partial charge in [0.05, 0.1) is 12.5 Å². The summed E-state index contributed by atoms with van der Waals surface area (Å²) in [4.78, 5) is 12.0. The number of carbonyl (C=O) groups is 1. The molecule has 20 heavy (non-hydrogen) atoms. The number of hydrogen-bond donors (Lipinski definition) is 0. The third-order valence-corrected chi connectivity index (χ3v) is 3.93. The summed E-state index contributed by atoms with van der Waals surface area (Å²) < 4.78 is 5.22. The molecule has 0 radical (unpaired) electrons. The van der Waals surface area contributed by atoms with Gasteiger partial charge in [-0.2, -0.15) is 0 Å². The smallest absolute Gasteiger partial charge is 0.308 e. The molecule has 0 bridgehead atoms. The van der Waals surface area contributed by atoms with Gasteiger partial charge >= 0.3 is 5.97 Å². The van der Waals surface area contributed by atoms with E-state index in [9.17, 15) is 4.79 Å². The maximum atomic E-state index is 12.0. The number of ether oxygens (including phenoxy) is 1. The van der Waals surface area contributed by atoms with E-state index in [1.165, 1.54) is 64.2 Å². The minimum absolute atomic E-state index is 0.0394. The lowest BCUT2D eigenvalue weighted by molar-refractivity contribution is -0.148. The summed E-state index contributed by atoms with van der Waals surface area (Å²) in [6.07, 6.45) is 14.8. The third kappa shape index (κ3) is 11.3. The Morgan fingerprint density at radius 1 is 0.750 bits per heavy atom. The van der Waals surface area contributed by atoms with Gasteiger partial charge in [0.15, 0.2) is 0 Å². The lowest BCUT2D eigenvalue weighted by Crippen LogP contribution is -2.18. The van der Waals surface area contributed by atoms with Gasteiger partial charge in [0.1, 0.15) is 0 Å². The highest BCUT2D eigenvalue weighted by Gasteiger charge is 2.18. The molecule has 1 atom stereocenters. The predicted molar refractivity (Wildman–Crippen MR) is 86.9 cm³/mol. The fraction of sp³-hybridized carbons (Fsp3) is 0.944. The fourth-order valence-corrected chi connectivity index (χ4v) is 2.63. The minimum Gasteiger partial charge on any atom is -0.466 e. The molecule has 120 valence electrons. The third-order valence-electron chi connectivity index (χ3n) is 3.93. The fourth-order valence-electron chi connectivity index (χ4n) is 2.63. The van der Waals surface area contributed by atoms with Gasteiger partial charge in [-0.05, 0) is 19.8 Å². The van der Waals surface area contributed by atoms with Crippen molar-refractivity contribution in [3.63, 3.8) is 0 Å². The molecule has 0 aliphatic carbocycles. The van der Waals surface area contributed by atoms with Crippen LogP contribution in [0.5, 0.6) is 0 Å². The van der Waals surface area contributed by atoms with Crippen LogP contribution >= 0.6 is 0 Å². The first-order valence-corrected chi connectivity index (χ1v) is 8.92. The van der Waals surface area contributed by atoms with Crippen LogP contribution in [0.4, 0.5) is 0 Å². The van der Waals surface area contributed by atoms with Gasteiger partial charge in [0.25, 0.3) is 0 Å². The first-order valence-electron chi connectivity index (χ1n) is 8.92. The Balaban J connectivity index is 3.83. The highest BCUT2D eigenvalue weighted by Crippen LogP contribution is 2.20. The van der Waals surface area contributed by atoms with Crippen LogP contribution in [-0.2, 0) is 9.53 Å². The molecule has 0 heterocycles. The standard InChI is InChI=1S/C18H36O2/c1-4-7-9-11-12-14-16-17(18(19)20-6-3)15-13-10-8-5-2/h17H,4-16H2,1-3H3/t17-/m1/s1. The largest absolute Gasteiger partial charge is 0.466 e. The van der Waals surface area contributed by atoms with Crippen molar-refractivity contribution in [2.24, 2.45) is 5.92 Å². The molecule has 0 saturated carbocycles. The van der Waals surface area contributed by atoms with E-state index in [2.05, 4.69) is 13.8 Å². The van der Waals surface area contributed by atoms with Crippen LogP contribution in [0.2, 0.25) is 0 Å². The van der Waals surface area contributed by atoms with Gasteiger partial charge in [-0.15, -0.1) is 0 Å². The summed E-state index contributed by atoms with van der Waals surface area (Å²) in [5.74, 6) is 0.190. The topological polar surface area (TPSA) is 26.3 Å². The summed E-state index contributed by atoms with van der Waals surface area (Å²) in [5, 5.41) is 0. The Morgan fingerprint density at radius 2 is 1.20 bits per heavy atom. The van der Waals surface area contributed by atoms with Crippen LogP contribution in [0, 0.1) is 5.92 Å². The highest BCUT2D eigenvalue weighted by atomic mass is 16.5. The molecular formula is C18H36O2. The van der Waals surface area contributed by atoms with Crippen LogP contribution in [0.3, 0.4) is 0 Å². The molecule has 0 aliphatic heterocycles. The maximum absolute atomic E-state index is 12.0. The molecule has 2 nitrogen and oxygen atoms in total. The van der Waals surface area contributed by atoms with Crippen molar-refractivity contribution in [3.05, 3.63) is 0 Å².